The molecule has 158 valence electrons. The SMILES string of the molecule is Oc1ccc([C@H]2NCCC[C@H]2OCc2cc(C(F)(F)F)cc(C(F)(F)F)c2)cc1. The second-order valence-electron chi connectivity index (χ2n) is 6.93. The van der Waals surface area contributed by atoms with E-state index in [0.717, 1.165) is 12.0 Å². The molecule has 0 aliphatic carbocycles. The van der Waals surface area contributed by atoms with Gasteiger partial charge in [0.2, 0.25) is 0 Å². The zero-order valence-corrected chi connectivity index (χ0v) is 15.1. The van der Waals surface area contributed by atoms with Crippen LogP contribution >= 0.6 is 0 Å². The molecular formula is C20H19F6NO2. The number of halogens is 6. The molecule has 1 aliphatic heterocycles. The van der Waals surface area contributed by atoms with Crippen molar-refractivity contribution in [1.29, 1.82) is 0 Å². The Morgan fingerprint density at radius 1 is 0.931 bits per heavy atom. The third-order valence-corrected chi connectivity index (χ3v) is 4.77. The minimum atomic E-state index is -4.89. The summed E-state index contributed by atoms with van der Waals surface area (Å²) in [7, 11) is 0. The zero-order valence-electron chi connectivity index (χ0n) is 15.1. The molecule has 1 heterocycles. The van der Waals surface area contributed by atoms with Gasteiger partial charge < -0.3 is 15.2 Å². The molecule has 2 aromatic carbocycles. The molecular weight excluding hydrogens is 400 g/mol. The third-order valence-electron chi connectivity index (χ3n) is 4.77. The van der Waals surface area contributed by atoms with E-state index < -0.39 is 29.6 Å². The minimum absolute atomic E-state index is 0.0886. The molecule has 3 rings (SSSR count). The van der Waals surface area contributed by atoms with Crippen molar-refractivity contribution in [3.05, 3.63) is 64.7 Å². The summed E-state index contributed by atoms with van der Waals surface area (Å²) < 4.78 is 83.8. The van der Waals surface area contributed by atoms with Crippen molar-refractivity contribution >= 4 is 0 Å². The molecule has 0 unspecified atom stereocenters. The molecule has 0 spiro atoms. The molecule has 1 aliphatic rings. The first-order valence-corrected chi connectivity index (χ1v) is 8.96. The first kappa shape index (κ1) is 21.4. The van der Waals surface area contributed by atoms with Gasteiger partial charge in [0, 0.05) is 0 Å². The van der Waals surface area contributed by atoms with E-state index in [2.05, 4.69) is 5.32 Å². The maximum Gasteiger partial charge on any atom is 0.416 e. The number of benzene rings is 2. The van der Waals surface area contributed by atoms with Gasteiger partial charge in [0.05, 0.1) is 29.9 Å². The summed E-state index contributed by atoms with van der Waals surface area (Å²) in [5.41, 5.74) is -2.10. The average Bonchev–Trinajstić information content (AvgIpc) is 2.66. The van der Waals surface area contributed by atoms with E-state index in [1.807, 2.05) is 0 Å². The van der Waals surface area contributed by atoms with Gasteiger partial charge in [-0.3, -0.25) is 0 Å². The monoisotopic (exact) mass is 419 g/mol. The molecule has 9 heteroatoms. The van der Waals surface area contributed by atoms with Crippen molar-refractivity contribution in [2.75, 3.05) is 6.54 Å². The normalized spacial score (nSPS) is 20.6. The highest BCUT2D eigenvalue weighted by Gasteiger charge is 2.37. The van der Waals surface area contributed by atoms with Crippen LogP contribution in [0.3, 0.4) is 0 Å². The van der Waals surface area contributed by atoms with E-state index in [1.54, 1.807) is 12.1 Å². The Bertz CT molecular complexity index is 800. The summed E-state index contributed by atoms with van der Waals surface area (Å²) in [6, 6.07) is 7.59. The van der Waals surface area contributed by atoms with Gasteiger partial charge in [-0.05, 0) is 60.8 Å². The highest BCUT2D eigenvalue weighted by atomic mass is 19.4. The van der Waals surface area contributed by atoms with E-state index in [4.69, 9.17) is 4.74 Å². The predicted molar refractivity (Wildman–Crippen MR) is 93.1 cm³/mol. The lowest BCUT2D eigenvalue weighted by atomic mass is 9.94. The van der Waals surface area contributed by atoms with Gasteiger partial charge in [0.1, 0.15) is 5.75 Å². The molecule has 0 aromatic heterocycles. The Labute approximate surface area is 163 Å². The third kappa shape index (κ3) is 5.42. The molecule has 0 saturated carbocycles. The minimum Gasteiger partial charge on any atom is -0.508 e. The quantitative estimate of drug-likeness (QED) is 0.649. The van der Waals surface area contributed by atoms with E-state index in [9.17, 15) is 31.4 Å². The number of piperidine rings is 1. The highest BCUT2D eigenvalue weighted by Crippen LogP contribution is 2.37. The van der Waals surface area contributed by atoms with Crippen molar-refractivity contribution in [3.63, 3.8) is 0 Å². The number of aromatic hydroxyl groups is 1. The Kier molecular flexibility index (Phi) is 6.09. The van der Waals surface area contributed by atoms with Crippen LogP contribution in [0.4, 0.5) is 26.3 Å². The number of nitrogens with one attached hydrogen (secondary N) is 1. The zero-order chi connectivity index (χ0) is 21.2. The Balaban J connectivity index is 1.80. The number of phenolic OH excluding ortho intramolecular Hbond substituents is 1. The molecule has 1 fully saturated rings. The first-order valence-electron chi connectivity index (χ1n) is 8.96. The number of ether oxygens (including phenoxy) is 1. The number of rotatable bonds is 4. The van der Waals surface area contributed by atoms with Gasteiger partial charge in [0.15, 0.2) is 0 Å². The van der Waals surface area contributed by atoms with Crippen LogP contribution in [-0.2, 0) is 23.7 Å². The largest absolute Gasteiger partial charge is 0.508 e. The summed E-state index contributed by atoms with van der Waals surface area (Å²) in [5, 5.41) is 12.7. The lowest BCUT2D eigenvalue weighted by Gasteiger charge is -2.33. The van der Waals surface area contributed by atoms with Gasteiger partial charge in [-0.1, -0.05) is 12.1 Å². The molecule has 1 saturated heterocycles. The van der Waals surface area contributed by atoms with Gasteiger partial charge in [-0.15, -0.1) is 0 Å². The fraction of sp³-hybridized carbons (Fsp3) is 0.400. The molecule has 3 nitrogen and oxygen atoms in total. The van der Waals surface area contributed by atoms with Crippen LogP contribution in [0.2, 0.25) is 0 Å². The summed E-state index contributed by atoms with van der Waals surface area (Å²) in [4.78, 5) is 0. The number of hydrogen-bond acceptors (Lipinski definition) is 3. The predicted octanol–water partition coefficient (Wildman–Crippen LogP) is 5.44. The van der Waals surface area contributed by atoms with Crippen molar-refractivity contribution in [3.8, 4) is 5.75 Å². The lowest BCUT2D eigenvalue weighted by molar-refractivity contribution is -0.143. The second kappa shape index (κ2) is 8.23. The second-order valence-corrected chi connectivity index (χ2v) is 6.93. The van der Waals surface area contributed by atoms with Crippen LogP contribution in [0.5, 0.6) is 5.75 Å². The van der Waals surface area contributed by atoms with E-state index >= 15 is 0 Å². The summed E-state index contributed by atoms with van der Waals surface area (Å²) >= 11 is 0. The summed E-state index contributed by atoms with van der Waals surface area (Å²) in [6.07, 6.45) is -8.86. The number of phenols is 1. The maximum absolute atomic E-state index is 13.0. The van der Waals surface area contributed by atoms with Crippen LogP contribution in [0, 0.1) is 0 Å². The van der Waals surface area contributed by atoms with Crippen LogP contribution in [0.25, 0.3) is 0 Å². The van der Waals surface area contributed by atoms with Crippen molar-refractivity contribution < 1.29 is 36.2 Å². The molecule has 2 atom stereocenters. The van der Waals surface area contributed by atoms with Crippen LogP contribution in [0.15, 0.2) is 42.5 Å². The molecule has 2 N–H and O–H groups in total. The van der Waals surface area contributed by atoms with Gasteiger partial charge in [-0.25, -0.2) is 0 Å². The topological polar surface area (TPSA) is 41.5 Å². The Morgan fingerprint density at radius 3 is 2.07 bits per heavy atom. The van der Waals surface area contributed by atoms with E-state index in [0.29, 0.717) is 25.1 Å². The molecule has 0 radical (unpaired) electrons. The van der Waals surface area contributed by atoms with Crippen LogP contribution in [0.1, 0.15) is 41.1 Å². The van der Waals surface area contributed by atoms with Crippen molar-refractivity contribution in [1.82, 2.24) is 5.32 Å². The van der Waals surface area contributed by atoms with E-state index in [-0.39, 0.29) is 30.0 Å². The van der Waals surface area contributed by atoms with Crippen molar-refractivity contribution in [2.24, 2.45) is 0 Å². The lowest BCUT2D eigenvalue weighted by Crippen LogP contribution is -2.39. The molecule has 2 aromatic rings. The van der Waals surface area contributed by atoms with Gasteiger partial charge >= 0.3 is 12.4 Å². The highest BCUT2D eigenvalue weighted by molar-refractivity contribution is 5.33. The molecule has 0 amide bonds. The van der Waals surface area contributed by atoms with Gasteiger partial charge in [0.25, 0.3) is 0 Å². The fourth-order valence-electron chi connectivity index (χ4n) is 3.36. The van der Waals surface area contributed by atoms with Crippen LogP contribution < -0.4 is 5.32 Å². The summed E-state index contributed by atoms with van der Waals surface area (Å²) in [5.74, 6) is 0.0886. The van der Waals surface area contributed by atoms with E-state index in [1.165, 1.54) is 12.1 Å². The Morgan fingerprint density at radius 2 is 1.52 bits per heavy atom. The number of alkyl halides is 6. The standard InChI is InChI=1S/C20H19F6NO2/c21-19(22,23)14-8-12(9-15(10-14)20(24,25)26)11-29-17-2-1-7-27-18(17)13-3-5-16(28)6-4-13/h3-6,8-10,17-18,27-28H,1-2,7,11H2/t17-,18-/m1/s1. The van der Waals surface area contributed by atoms with Crippen molar-refractivity contribution in [2.45, 2.75) is 43.9 Å². The molecule has 0 bridgehead atoms. The summed E-state index contributed by atoms with van der Waals surface area (Å²) in [6.45, 7) is 0.321. The van der Waals surface area contributed by atoms with Gasteiger partial charge in [-0.2, -0.15) is 26.3 Å². The number of hydrogen-bond donors (Lipinski definition) is 2. The average molecular weight is 419 g/mol. The smallest absolute Gasteiger partial charge is 0.416 e. The first-order chi connectivity index (χ1) is 13.5. The maximum atomic E-state index is 13.0. The van der Waals surface area contributed by atoms with Crippen LogP contribution in [-0.4, -0.2) is 17.8 Å². The molecule has 29 heavy (non-hydrogen) atoms. The Hall–Kier alpha value is -2.26. The fourth-order valence-corrected chi connectivity index (χ4v) is 3.36.